The van der Waals surface area contributed by atoms with Gasteiger partial charge in [-0.2, -0.15) is 0 Å². The molecule has 3 N–H and O–H groups in total. The molecule has 1 unspecified atom stereocenters. The molecule has 1 aliphatic heterocycles. The van der Waals surface area contributed by atoms with E-state index >= 15 is 0 Å². The highest BCUT2D eigenvalue weighted by atomic mass is 19.4. The number of carbonyl (C=O) groups is 2. The maximum atomic E-state index is 14.4. The number of piperidine rings is 1. The third-order valence-corrected chi connectivity index (χ3v) is 6.35. The van der Waals surface area contributed by atoms with E-state index in [0.29, 0.717) is 19.0 Å². The number of nitrogens with one attached hydrogen (secondary N) is 3. The molecule has 200 valence electrons. The summed E-state index contributed by atoms with van der Waals surface area (Å²) in [6.07, 6.45) is 0.0892. The van der Waals surface area contributed by atoms with E-state index in [-0.39, 0.29) is 42.7 Å². The number of urea groups is 2. The van der Waals surface area contributed by atoms with Crippen molar-refractivity contribution in [1.29, 1.82) is 0 Å². The molecule has 4 amide bonds. The molecule has 1 aliphatic carbocycles. The van der Waals surface area contributed by atoms with E-state index in [1.165, 1.54) is 13.2 Å². The van der Waals surface area contributed by atoms with Crippen molar-refractivity contribution in [2.24, 2.45) is 0 Å². The van der Waals surface area contributed by atoms with Crippen LogP contribution < -0.4 is 21.1 Å². The topological polar surface area (TPSA) is 120 Å². The van der Waals surface area contributed by atoms with Gasteiger partial charge in [0.25, 0.3) is 0 Å². The number of carbonyl (C=O) groups excluding carboxylic acids is 2. The zero-order chi connectivity index (χ0) is 26.7. The molecule has 1 aromatic heterocycles. The van der Waals surface area contributed by atoms with Gasteiger partial charge < -0.3 is 30.2 Å². The Hall–Kier alpha value is -3.84. The van der Waals surface area contributed by atoms with Crippen molar-refractivity contribution in [3.8, 4) is 5.75 Å². The van der Waals surface area contributed by atoms with Crippen LogP contribution in [-0.4, -0.2) is 70.4 Å². The van der Waals surface area contributed by atoms with Crippen molar-refractivity contribution in [1.82, 2.24) is 30.4 Å². The first kappa shape index (κ1) is 26.2. The number of halogens is 4. The van der Waals surface area contributed by atoms with E-state index in [1.807, 2.05) is 0 Å². The Kier molecular flexibility index (Phi) is 7.55. The van der Waals surface area contributed by atoms with E-state index in [4.69, 9.17) is 0 Å². The summed E-state index contributed by atoms with van der Waals surface area (Å²) in [5, 5.41) is 5.24. The number of amides is 4. The second-order valence-corrected chi connectivity index (χ2v) is 9.00. The normalized spacial score (nSPS) is 19.8. The highest BCUT2D eigenvalue weighted by Gasteiger charge is 2.42. The smallest absolute Gasteiger partial charge is 0.406 e. The van der Waals surface area contributed by atoms with Crippen LogP contribution in [0.1, 0.15) is 36.3 Å². The molecule has 1 saturated carbocycles. The number of aromatic nitrogens is 2. The number of nitrogens with zero attached hydrogens (tertiary/aromatic N) is 3. The van der Waals surface area contributed by atoms with Gasteiger partial charge in [0.2, 0.25) is 0 Å². The highest BCUT2D eigenvalue weighted by molar-refractivity contribution is 5.76. The Morgan fingerprint density at radius 1 is 1.24 bits per heavy atom. The van der Waals surface area contributed by atoms with Crippen LogP contribution in [0, 0.1) is 5.82 Å². The lowest BCUT2D eigenvalue weighted by molar-refractivity contribution is -0.274. The molecular weight excluding hydrogens is 500 g/mol. The van der Waals surface area contributed by atoms with Crippen molar-refractivity contribution in [3.63, 3.8) is 0 Å². The van der Waals surface area contributed by atoms with Gasteiger partial charge in [-0.3, -0.25) is 0 Å². The van der Waals surface area contributed by atoms with Crippen LogP contribution in [-0.2, 0) is 6.54 Å². The Balaban J connectivity index is 1.48. The predicted octanol–water partition coefficient (Wildman–Crippen LogP) is 2.68. The van der Waals surface area contributed by atoms with Crippen molar-refractivity contribution in [2.75, 3.05) is 20.1 Å². The van der Waals surface area contributed by atoms with Gasteiger partial charge in [-0.15, -0.1) is 13.2 Å². The zero-order valence-electron chi connectivity index (χ0n) is 19.8. The van der Waals surface area contributed by atoms with Crippen molar-refractivity contribution < 1.29 is 31.9 Å². The molecule has 14 heteroatoms. The lowest BCUT2D eigenvalue weighted by Gasteiger charge is -2.42. The van der Waals surface area contributed by atoms with Gasteiger partial charge >= 0.3 is 24.1 Å². The zero-order valence-corrected chi connectivity index (χ0v) is 19.8. The summed E-state index contributed by atoms with van der Waals surface area (Å²) in [4.78, 5) is 46.6. The molecule has 2 aliphatic rings. The Labute approximate surface area is 209 Å². The third-order valence-electron chi connectivity index (χ3n) is 6.35. The molecule has 10 nitrogen and oxygen atoms in total. The van der Waals surface area contributed by atoms with Gasteiger partial charge in [0.05, 0.1) is 6.04 Å². The molecule has 0 spiro atoms. The van der Waals surface area contributed by atoms with Gasteiger partial charge in [-0.05, 0) is 30.9 Å². The number of hydrogen-bond donors (Lipinski definition) is 3. The van der Waals surface area contributed by atoms with Crippen LogP contribution in [0.3, 0.4) is 0 Å². The summed E-state index contributed by atoms with van der Waals surface area (Å²) < 4.78 is 55.2. The summed E-state index contributed by atoms with van der Waals surface area (Å²) >= 11 is 0. The molecule has 1 aromatic carbocycles. The fraction of sp³-hybridized carbons (Fsp3) is 0.478. The van der Waals surface area contributed by atoms with Crippen LogP contribution in [0.2, 0.25) is 0 Å². The molecular formula is C23H26F4N6O4. The molecule has 0 radical (unpaired) electrons. The SMILES string of the molecule is CNC(=O)N1CC(c2cnc(=O)[nH]c2)C[C@@H](N(C(=O)NCc2ccc(OC(F)(F)F)cc2F)C2CC2)C1. The number of aromatic amines is 1. The van der Waals surface area contributed by atoms with E-state index in [0.717, 1.165) is 30.5 Å². The van der Waals surface area contributed by atoms with E-state index in [9.17, 15) is 31.9 Å². The monoisotopic (exact) mass is 526 g/mol. The quantitative estimate of drug-likeness (QED) is 0.500. The largest absolute Gasteiger partial charge is 0.573 e. The number of H-pyrrole nitrogens is 1. The summed E-state index contributed by atoms with van der Waals surface area (Å²) in [5.41, 5.74) is 0.215. The van der Waals surface area contributed by atoms with Crippen LogP contribution in [0.15, 0.2) is 35.4 Å². The molecule has 37 heavy (non-hydrogen) atoms. The standard InChI is InChI=1S/C23H26F4N6O4/c1-28-21(35)32-11-14(15-9-29-20(34)30-10-15)6-17(12-32)33(16-3-4-16)22(36)31-8-13-2-5-18(7-19(13)24)37-23(25,26)27/h2,5,7,9-10,14,16-17H,3-4,6,8,11-12H2,1H3,(H,28,35)(H,31,36)(H,29,30,34)/t14?,17-/m1/s1. The lowest BCUT2D eigenvalue weighted by Crippen LogP contribution is -2.57. The van der Waals surface area contributed by atoms with Crippen molar-refractivity contribution >= 4 is 12.1 Å². The summed E-state index contributed by atoms with van der Waals surface area (Å²) in [6.45, 7) is 0.385. The maximum absolute atomic E-state index is 14.4. The second-order valence-electron chi connectivity index (χ2n) is 9.00. The molecule has 4 rings (SSSR count). The minimum Gasteiger partial charge on any atom is -0.406 e. The average Bonchev–Trinajstić information content (AvgIpc) is 3.67. The molecule has 1 saturated heterocycles. The van der Waals surface area contributed by atoms with E-state index < -0.39 is 29.6 Å². The number of likely N-dealkylation sites (tertiary alicyclic amines) is 1. The second kappa shape index (κ2) is 10.6. The fourth-order valence-electron chi connectivity index (χ4n) is 4.53. The van der Waals surface area contributed by atoms with Crippen molar-refractivity contribution in [2.45, 2.75) is 50.2 Å². The molecule has 2 aromatic rings. The third kappa shape index (κ3) is 6.68. The van der Waals surface area contributed by atoms with Crippen molar-refractivity contribution in [3.05, 3.63) is 58.0 Å². The van der Waals surface area contributed by atoms with E-state index in [2.05, 4.69) is 25.3 Å². The van der Waals surface area contributed by atoms with Gasteiger partial charge in [-0.25, -0.2) is 23.8 Å². The Morgan fingerprint density at radius 2 is 2.00 bits per heavy atom. The predicted molar refractivity (Wildman–Crippen MR) is 122 cm³/mol. The lowest BCUT2D eigenvalue weighted by atomic mass is 9.89. The van der Waals surface area contributed by atoms with E-state index in [1.54, 1.807) is 16.0 Å². The van der Waals surface area contributed by atoms with Crippen LogP contribution in [0.5, 0.6) is 5.75 Å². The number of rotatable bonds is 6. The first-order valence-electron chi connectivity index (χ1n) is 11.7. The van der Waals surface area contributed by atoms with Gasteiger partial charge in [0.1, 0.15) is 11.6 Å². The first-order chi connectivity index (χ1) is 17.5. The average molecular weight is 526 g/mol. The highest BCUT2D eigenvalue weighted by Crippen LogP contribution is 2.35. The molecule has 2 fully saturated rings. The summed E-state index contributed by atoms with van der Waals surface area (Å²) in [7, 11) is 1.51. The number of ether oxygens (including phenoxy) is 1. The number of benzene rings is 1. The molecule has 2 atom stereocenters. The summed E-state index contributed by atoms with van der Waals surface area (Å²) in [6, 6.07) is 1.48. The van der Waals surface area contributed by atoms with Gasteiger partial charge in [0.15, 0.2) is 0 Å². The maximum Gasteiger partial charge on any atom is 0.573 e. The minimum absolute atomic E-state index is 0.00792. The van der Waals surface area contributed by atoms with Crippen LogP contribution >= 0.6 is 0 Å². The molecule has 2 heterocycles. The van der Waals surface area contributed by atoms with Crippen LogP contribution in [0.4, 0.5) is 27.2 Å². The minimum atomic E-state index is -4.95. The van der Waals surface area contributed by atoms with Crippen LogP contribution in [0.25, 0.3) is 0 Å². The summed E-state index contributed by atoms with van der Waals surface area (Å²) in [5.74, 6) is -1.85. The number of hydrogen-bond acceptors (Lipinski definition) is 5. The fourth-order valence-corrected chi connectivity index (χ4v) is 4.53. The first-order valence-corrected chi connectivity index (χ1v) is 11.7. The van der Waals surface area contributed by atoms with Gasteiger partial charge in [0, 0.05) is 62.7 Å². The Morgan fingerprint density at radius 3 is 2.59 bits per heavy atom. The molecule has 0 bridgehead atoms. The van der Waals surface area contributed by atoms with Gasteiger partial charge in [-0.1, -0.05) is 6.07 Å². The number of alkyl halides is 3. The Bertz CT molecular complexity index is 1180.